The Bertz CT molecular complexity index is 363. The highest BCUT2D eigenvalue weighted by molar-refractivity contribution is 5.78. The Balaban J connectivity index is 1.75. The molecule has 0 aromatic rings. The monoisotopic (exact) mass is 280 g/mol. The smallest absolute Gasteiger partial charge is 0.226 e. The van der Waals surface area contributed by atoms with Crippen molar-refractivity contribution in [3.8, 4) is 0 Å². The van der Waals surface area contributed by atoms with Gasteiger partial charge in [0.25, 0.3) is 0 Å². The number of carbonyl (C=O) groups is 1. The molecule has 4 nitrogen and oxygen atoms in total. The molecule has 1 aliphatic carbocycles. The lowest BCUT2D eigenvalue weighted by Crippen LogP contribution is -2.52. The molecule has 4 heteroatoms. The summed E-state index contributed by atoms with van der Waals surface area (Å²) >= 11 is 0. The van der Waals surface area contributed by atoms with Crippen LogP contribution in [0.3, 0.4) is 0 Å². The number of hydrogen-bond acceptors (Lipinski definition) is 3. The lowest BCUT2D eigenvalue weighted by Gasteiger charge is -2.37. The summed E-state index contributed by atoms with van der Waals surface area (Å²) in [6.45, 7) is 7.67. The summed E-state index contributed by atoms with van der Waals surface area (Å²) < 4.78 is 0. The van der Waals surface area contributed by atoms with E-state index in [9.17, 15) is 9.90 Å². The first-order valence-electron chi connectivity index (χ1n) is 7.84. The van der Waals surface area contributed by atoms with E-state index in [1.165, 1.54) is 18.4 Å². The zero-order chi connectivity index (χ0) is 14.6. The number of rotatable bonds is 4. The lowest BCUT2D eigenvalue weighted by atomic mass is 9.97. The van der Waals surface area contributed by atoms with E-state index >= 15 is 0 Å². The molecule has 2 rings (SSSR count). The quantitative estimate of drug-likeness (QED) is 0.799. The molecule has 2 aliphatic rings. The van der Waals surface area contributed by atoms with Gasteiger partial charge in [-0.15, -0.1) is 0 Å². The van der Waals surface area contributed by atoms with Gasteiger partial charge in [-0.1, -0.05) is 11.6 Å². The third-order valence-electron chi connectivity index (χ3n) is 4.10. The standard InChI is InChI=1S/C16H28N2O2/c1-16(2,20)13-17-8-10-18(11-9-17)15(19)12-14-6-4-3-5-7-14/h6,20H,3-5,7-13H2,1-2H3. The summed E-state index contributed by atoms with van der Waals surface area (Å²) in [7, 11) is 0. The molecule has 0 radical (unpaired) electrons. The second kappa shape index (κ2) is 6.72. The topological polar surface area (TPSA) is 43.8 Å². The first-order chi connectivity index (χ1) is 9.44. The van der Waals surface area contributed by atoms with E-state index in [4.69, 9.17) is 0 Å². The number of hydrogen-bond donors (Lipinski definition) is 1. The minimum absolute atomic E-state index is 0.279. The Morgan fingerprint density at radius 2 is 1.95 bits per heavy atom. The number of piperazine rings is 1. The first kappa shape index (κ1) is 15.5. The Morgan fingerprint density at radius 1 is 1.25 bits per heavy atom. The summed E-state index contributed by atoms with van der Waals surface area (Å²) in [5, 5.41) is 9.83. The van der Waals surface area contributed by atoms with Gasteiger partial charge in [0.1, 0.15) is 0 Å². The van der Waals surface area contributed by atoms with Crippen molar-refractivity contribution in [1.29, 1.82) is 0 Å². The van der Waals surface area contributed by atoms with Gasteiger partial charge in [0.2, 0.25) is 5.91 Å². The zero-order valence-electron chi connectivity index (χ0n) is 12.9. The van der Waals surface area contributed by atoms with E-state index < -0.39 is 5.60 Å². The average Bonchev–Trinajstić information content (AvgIpc) is 2.39. The van der Waals surface area contributed by atoms with Gasteiger partial charge in [0.05, 0.1) is 5.60 Å². The van der Waals surface area contributed by atoms with Crippen LogP contribution < -0.4 is 0 Å². The molecule has 20 heavy (non-hydrogen) atoms. The van der Waals surface area contributed by atoms with Gasteiger partial charge in [-0.2, -0.15) is 0 Å². The maximum absolute atomic E-state index is 12.3. The highest BCUT2D eigenvalue weighted by Gasteiger charge is 2.25. The van der Waals surface area contributed by atoms with Gasteiger partial charge in [0.15, 0.2) is 0 Å². The van der Waals surface area contributed by atoms with E-state index in [0.717, 1.165) is 39.0 Å². The summed E-state index contributed by atoms with van der Waals surface area (Å²) in [6, 6.07) is 0. The van der Waals surface area contributed by atoms with Gasteiger partial charge in [-0.05, 0) is 39.5 Å². The predicted molar refractivity (Wildman–Crippen MR) is 80.5 cm³/mol. The van der Waals surface area contributed by atoms with Crippen molar-refractivity contribution in [3.05, 3.63) is 11.6 Å². The third kappa shape index (κ3) is 4.91. The van der Waals surface area contributed by atoms with Crippen molar-refractivity contribution in [2.75, 3.05) is 32.7 Å². The summed E-state index contributed by atoms with van der Waals surface area (Å²) in [5.74, 6) is 0.279. The van der Waals surface area contributed by atoms with Gasteiger partial charge in [0, 0.05) is 39.1 Å². The fraction of sp³-hybridized carbons (Fsp3) is 0.812. The molecule has 0 aromatic heterocycles. The number of aliphatic hydroxyl groups is 1. The SMILES string of the molecule is CC(C)(O)CN1CCN(C(=O)CC2=CCCCC2)CC1. The molecule has 0 unspecified atom stereocenters. The number of β-amino-alcohol motifs (C(OH)–C–C–N with tert-alkyl or cyclic N) is 1. The summed E-state index contributed by atoms with van der Waals surface area (Å²) in [4.78, 5) is 16.5. The second-order valence-electron chi connectivity index (χ2n) is 6.75. The highest BCUT2D eigenvalue weighted by atomic mass is 16.3. The molecular formula is C16H28N2O2. The summed E-state index contributed by atoms with van der Waals surface area (Å²) in [5.41, 5.74) is 0.680. The van der Waals surface area contributed by atoms with Crippen LogP contribution >= 0.6 is 0 Å². The van der Waals surface area contributed by atoms with Crippen LogP contribution in [0.2, 0.25) is 0 Å². The molecule has 1 amide bonds. The van der Waals surface area contributed by atoms with Crippen molar-refractivity contribution < 1.29 is 9.90 Å². The van der Waals surface area contributed by atoms with Crippen LogP contribution in [0.25, 0.3) is 0 Å². The normalized spacial score (nSPS) is 21.8. The molecule has 1 fully saturated rings. The van der Waals surface area contributed by atoms with Crippen LogP contribution in [0.15, 0.2) is 11.6 Å². The largest absolute Gasteiger partial charge is 0.389 e. The number of allylic oxidation sites excluding steroid dienone is 1. The van der Waals surface area contributed by atoms with Crippen molar-refractivity contribution >= 4 is 5.91 Å². The maximum atomic E-state index is 12.3. The van der Waals surface area contributed by atoms with E-state index in [-0.39, 0.29) is 5.91 Å². The van der Waals surface area contributed by atoms with Gasteiger partial charge < -0.3 is 10.0 Å². The molecule has 1 heterocycles. The molecule has 1 saturated heterocycles. The Hall–Kier alpha value is -0.870. The molecule has 0 bridgehead atoms. The Labute approximate surface area is 122 Å². The molecule has 0 saturated carbocycles. The lowest BCUT2D eigenvalue weighted by molar-refractivity contribution is -0.132. The predicted octanol–water partition coefficient (Wildman–Crippen LogP) is 1.79. The minimum atomic E-state index is -0.654. The number of nitrogens with zero attached hydrogens (tertiary/aromatic N) is 2. The number of carbonyl (C=O) groups excluding carboxylic acids is 1. The first-order valence-corrected chi connectivity index (χ1v) is 7.84. The van der Waals surface area contributed by atoms with E-state index in [1.54, 1.807) is 0 Å². The van der Waals surface area contributed by atoms with Crippen LogP contribution in [-0.4, -0.2) is 59.1 Å². The molecular weight excluding hydrogens is 252 g/mol. The van der Waals surface area contributed by atoms with Crippen molar-refractivity contribution in [3.63, 3.8) is 0 Å². The molecule has 0 aromatic carbocycles. The summed E-state index contributed by atoms with van der Waals surface area (Å²) in [6.07, 6.45) is 7.62. The van der Waals surface area contributed by atoms with Gasteiger partial charge >= 0.3 is 0 Å². The van der Waals surface area contributed by atoms with E-state index in [0.29, 0.717) is 13.0 Å². The number of amides is 1. The molecule has 1 N–H and O–H groups in total. The van der Waals surface area contributed by atoms with Gasteiger partial charge in [-0.25, -0.2) is 0 Å². The van der Waals surface area contributed by atoms with Crippen molar-refractivity contribution in [2.45, 2.75) is 51.6 Å². The van der Waals surface area contributed by atoms with Crippen LogP contribution in [0.1, 0.15) is 46.0 Å². The Morgan fingerprint density at radius 3 is 2.50 bits per heavy atom. The van der Waals surface area contributed by atoms with E-state index in [1.807, 2.05) is 18.7 Å². The zero-order valence-corrected chi connectivity index (χ0v) is 12.9. The molecule has 114 valence electrons. The Kier molecular flexibility index (Phi) is 5.22. The van der Waals surface area contributed by atoms with Crippen LogP contribution in [0.5, 0.6) is 0 Å². The fourth-order valence-electron chi connectivity index (χ4n) is 3.07. The van der Waals surface area contributed by atoms with Crippen LogP contribution in [-0.2, 0) is 4.79 Å². The third-order valence-corrected chi connectivity index (χ3v) is 4.10. The van der Waals surface area contributed by atoms with Gasteiger partial charge in [-0.3, -0.25) is 9.69 Å². The van der Waals surface area contributed by atoms with Crippen LogP contribution in [0.4, 0.5) is 0 Å². The molecule has 0 atom stereocenters. The van der Waals surface area contributed by atoms with E-state index in [2.05, 4.69) is 11.0 Å². The maximum Gasteiger partial charge on any atom is 0.226 e. The second-order valence-corrected chi connectivity index (χ2v) is 6.75. The minimum Gasteiger partial charge on any atom is -0.389 e. The fourth-order valence-corrected chi connectivity index (χ4v) is 3.07. The molecule has 1 aliphatic heterocycles. The molecule has 0 spiro atoms. The van der Waals surface area contributed by atoms with Crippen LogP contribution in [0, 0.1) is 0 Å². The van der Waals surface area contributed by atoms with Crippen molar-refractivity contribution in [1.82, 2.24) is 9.80 Å². The highest BCUT2D eigenvalue weighted by Crippen LogP contribution is 2.21. The van der Waals surface area contributed by atoms with Crippen molar-refractivity contribution in [2.24, 2.45) is 0 Å². The average molecular weight is 280 g/mol.